The second-order valence-electron chi connectivity index (χ2n) is 8.26. The molecule has 1 aromatic rings. The van der Waals surface area contributed by atoms with Crippen molar-refractivity contribution < 1.29 is 32.5 Å². The summed E-state index contributed by atoms with van der Waals surface area (Å²) in [6, 6.07) is 8.63. The number of ether oxygens (including phenoxy) is 4. The maximum atomic E-state index is 14.5. The molecule has 5 atom stereocenters. The zero-order valence-electron chi connectivity index (χ0n) is 16.4. The van der Waals surface area contributed by atoms with Crippen molar-refractivity contribution in [2.24, 2.45) is 11.8 Å². The Morgan fingerprint density at radius 2 is 2.00 bits per heavy atom. The molecule has 4 rings (SSSR count). The van der Waals surface area contributed by atoms with E-state index in [9.17, 15) is 13.6 Å². The van der Waals surface area contributed by atoms with E-state index >= 15 is 0 Å². The molecule has 0 amide bonds. The fraction of sp³-hybridized carbons (Fsp3) is 0.682. The normalized spacial score (nSPS) is 32.1. The molecule has 0 spiro atoms. The highest BCUT2D eigenvalue weighted by Gasteiger charge is 2.51. The van der Waals surface area contributed by atoms with E-state index < -0.39 is 12.5 Å². The molecule has 3 aliphatic rings. The van der Waals surface area contributed by atoms with Crippen LogP contribution in [0.3, 0.4) is 0 Å². The molecule has 7 heteroatoms. The minimum atomic E-state index is -2.96. The summed E-state index contributed by atoms with van der Waals surface area (Å²) >= 11 is 0. The number of benzene rings is 1. The van der Waals surface area contributed by atoms with Crippen molar-refractivity contribution in [2.75, 3.05) is 13.2 Å². The number of hydrogen-bond acceptors (Lipinski definition) is 5. The van der Waals surface area contributed by atoms with Gasteiger partial charge in [0.2, 0.25) is 0 Å². The van der Waals surface area contributed by atoms with Crippen molar-refractivity contribution in [3.05, 3.63) is 30.3 Å². The predicted molar refractivity (Wildman–Crippen MR) is 101 cm³/mol. The Kier molecular flexibility index (Phi) is 6.35. The lowest BCUT2D eigenvalue weighted by Gasteiger charge is -2.30. The van der Waals surface area contributed by atoms with E-state index in [2.05, 4.69) is 0 Å². The lowest BCUT2D eigenvalue weighted by atomic mass is 9.87. The van der Waals surface area contributed by atoms with Crippen LogP contribution in [0.5, 0.6) is 5.75 Å². The Labute approximate surface area is 169 Å². The Bertz CT molecular complexity index is 677. The van der Waals surface area contributed by atoms with E-state index in [-0.39, 0.29) is 55.6 Å². The number of carbonyl (C=O) groups is 1. The summed E-state index contributed by atoms with van der Waals surface area (Å²) < 4.78 is 51.4. The van der Waals surface area contributed by atoms with Crippen LogP contribution in [0.25, 0.3) is 0 Å². The van der Waals surface area contributed by atoms with Gasteiger partial charge in [0, 0.05) is 25.4 Å². The SMILES string of the molecule is O=C1C[C@@H]2[C@@H](CCC(F)(F)COc3ccccc3)[C@H](OC3CCCCO3)C[C@@H]2O1. The second-order valence-corrected chi connectivity index (χ2v) is 8.26. The number of alkyl halides is 2. The van der Waals surface area contributed by atoms with Gasteiger partial charge in [-0.05, 0) is 43.7 Å². The highest BCUT2D eigenvalue weighted by molar-refractivity contribution is 5.72. The summed E-state index contributed by atoms with van der Waals surface area (Å²) in [5.41, 5.74) is 0. The molecule has 0 bridgehead atoms. The van der Waals surface area contributed by atoms with Crippen molar-refractivity contribution in [1.29, 1.82) is 0 Å². The molecule has 0 radical (unpaired) electrons. The standard InChI is InChI=1S/C22H28F2O5/c23-22(24,14-27-15-6-2-1-3-7-15)10-9-16-17-12-20(25)28-19(17)13-18(16)29-21-8-4-5-11-26-21/h1-3,6-7,16-19,21H,4-5,8-14H2/t16-,17-,18-,19+,21?/m1/s1. The van der Waals surface area contributed by atoms with Gasteiger partial charge in [0.25, 0.3) is 5.92 Å². The molecule has 0 N–H and O–H groups in total. The van der Waals surface area contributed by atoms with Crippen LogP contribution >= 0.6 is 0 Å². The van der Waals surface area contributed by atoms with Crippen LogP contribution in [-0.4, -0.2) is 43.6 Å². The molecule has 2 saturated heterocycles. The maximum absolute atomic E-state index is 14.5. The van der Waals surface area contributed by atoms with Crippen LogP contribution in [0.1, 0.15) is 44.9 Å². The Morgan fingerprint density at radius 3 is 2.76 bits per heavy atom. The molecule has 1 saturated carbocycles. The van der Waals surface area contributed by atoms with Crippen LogP contribution < -0.4 is 4.74 Å². The van der Waals surface area contributed by atoms with Gasteiger partial charge in [-0.2, -0.15) is 0 Å². The smallest absolute Gasteiger partial charge is 0.306 e. The third-order valence-corrected chi connectivity index (χ3v) is 6.16. The van der Waals surface area contributed by atoms with Gasteiger partial charge < -0.3 is 18.9 Å². The van der Waals surface area contributed by atoms with Crippen molar-refractivity contribution >= 4 is 5.97 Å². The number of esters is 1. The highest BCUT2D eigenvalue weighted by Crippen LogP contribution is 2.46. The first-order chi connectivity index (χ1) is 14.0. The first kappa shape index (κ1) is 20.5. The molecule has 2 heterocycles. The van der Waals surface area contributed by atoms with Gasteiger partial charge in [0.15, 0.2) is 12.9 Å². The van der Waals surface area contributed by atoms with Crippen molar-refractivity contribution in [1.82, 2.24) is 0 Å². The monoisotopic (exact) mass is 410 g/mol. The van der Waals surface area contributed by atoms with Crippen molar-refractivity contribution in [3.63, 3.8) is 0 Å². The third kappa shape index (κ3) is 5.25. The number of halogens is 2. The fourth-order valence-corrected chi connectivity index (χ4v) is 4.68. The van der Waals surface area contributed by atoms with Crippen LogP contribution in [0.2, 0.25) is 0 Å². The quantitative estimate of drug-likeness (QED) is 0.597. The molecule has 5 nitrogen and oxygen atoms in total. The average molecular weight is 410 g/mol. The molecule has 29 heavy (non-hydrogen) atoms. The van der Waals surface area contributed by atoms with Crippen LogP contribution in [0.4, 0.5) is 8.78 Å². The fourth-order valence-electron chi connectivity index (χ4n) is 4.68. The molecule has 1 unspecified atom stereocenters. The summed E-state index contributed by atoms with van der Waals surface area (Å²) in [7, 11) is 0. The summed E-state index contributed by atoms with van der Waals surface area (Å²) in [6.07, 6.45) is 2.95. The molecule has 3 fully saturated rings. The number of rotatable bonds is 8. The van der Waals surface area contributed by atoms with Gasteiger partial charge in [-0.3, -0.25) is 4.79 Å². The van der Waals surface area contributed by atoms with E-state index in [4.69, 9.17) is 18.9 Å². The van der Waals surface area contributed by atoms with Crippen LogP contribution in [0.15, 0.2) is 30.3 Å². The molecule has 0 aromatic heterocycles. The minimum Gasteiger partial charge on any atom is -0.487 e. The van der Waals surface area contributed by atoms with Gasteiger partial charge in [0.1, 0.15) is 11.9 Å². The molecule has 1 aromatic carbocycles. The summed E-state index contributed by atoms with van der Waals surface area (Å²) in [5, 5.41) is 0. The number of carbonyl (C=O) groups excluding carboxylic acids is 1. The zero-order valence-corrected chi connectivity index (χ0v) is 16.4. The maximum Gasteiger partial charge on any atom is 0.306 e. The van der Waals surface area contributed by atoms with E-state index in [1.54, 1.807) is 24.3 Å². The van der Waals surface area contributed by atoms with Gasteiger partial charge in [0.05, 0.1) is 12.5 Å². The molecular weight excluding hydrogens is 382 g/mol. The first-order valence-corrected chi connectivity index (χ1v) is 10.5. The largest absolute Gasteiger partial charge is 0.487 e. The second kappa shape index (κ2) is 8.96. The summed E-state index contributed by atoms with van der Waals surface area (Å²) in [6.45, 7) is 0.00329. The Balaban J connectivity index is 1.34. The van der Waals surface area contributed by atoms with Gasteiger partial charge in [-0.15, -0.1) is 0 Å². The van der Waals surface area contributed by atoms with Gasteiger partial charge in [-0.1, -0.05) is 18.2 Å². The minimum absolute atomic E-state index is 0.0538. The zero-order chi connectivity index (χ0) is 20.3. The van der Waals surface area contributed by atoms with E-state index in [0.717, 1.165) is 19.3 Å². The third-order valence-electron chi connectivity index (χ3n) is 6.16. The van der Waals surface area contributed by atoms with Crippen molar-refractivity contribution in [3.8, 4) is 5.75 Å². The highest BCUT2D eigenvalue weighted by atomic mass is 19.3. The van der Waals surface area contributed by atoms with E-state index in [0.29, 0.717) is 18.8 Å². The number of para-hydroxylation sites is 1. The Hall–Kier alpha value is -1.73. The van der Waals surface area contributed by atoms with E-state index in [1.807, 2.05) is 6.07 Å². The summed E-state index contributed by atoms with van der Waals surface area (Å²) in [5.74, 6) is -2.96. The summed E-state index contributed by atoms with van der Waals surface area (Å²) in [4.78, 5) is 11.7. The Morgan fingerprint density at radius 1 is 1.17 bits per heavy atom. The molecule has 2 aliphatic heterocycles. The van der Waals surface area contributed by atoms with Crippen molar-refractivity contribution in [2.45, 2.75) is 69.4 Å². The van der Waals surface area contributed by atoms with E-state index in [1.165, 1.54) is 0 Å². The van der Waals surface area contributed by atoms with Crippen LogP contribution in [0, 0.1) is 11.8 Å². The molecule has 160 valence electrons. The lowest BCUT2D eigenvalue weighted by Crippen LogP contribution is -2.33. The van der Waals surface area contributed by atoms with Crippen LogP contribution in [-0.2, 0) is 19.0 Å². The topological polar surface area (TPSA) is 54.0 Å². The first-order valence-electron chi connectivity index (χ1n) is 10.5. The van der Waals surface area contributed by atoms with Gasteiger partial charge >= 0.3 is 5.97 Å². The lowest BCUT2D eigenvalue weighted by molar-refractivity contribution is -0.198. The molecular formula is C22H28F2O5. The number of hydrogen-bond donors (Lipinski definition) is 0. The number of fused-ring (bicyclic) bond motifs is 1. The van der Waals surface area contributed by atoms with Gasteiger partial charge in [-0.25, -0.2) is 8.78 Å². The molecule has 1 aliphatic carbocycles. The predicted octanol–water partition coefficient (Wildman–Crippen LogP) is 4.34. The average Bonchev–Trinajstić information content (AvgIpc) is 3.22.